The third kappa shape index (κ3) is 4.79. The van der Waals surface area contributed by atoms with Crippen molar-refractivity contribution in [3.05, 3.63) is 83.4 Å². The first-order chi connectivity index (χ1) is 14.4. The summed E-state index contributed by atoms with van der Waals surface area (Å²) in [6.07, 6.45) is 3.13. The number of nitrogens with zero attached hydrogens (tertiary/aromatic N) is 2. The molecule has 0 aliphatic rings. The molecule has 4 nitrogen and oxygen atoms in total. The van der Waals surface area contributed by atoms with Crippen LogP contribution in [0.5, 0.6) is 0 Å². The van der Waals surface area contributed by atoms with E-state index in [1.807, 2.05) is 19.1 Å². The van der Waals surface area contributed by atoms with Gasteiger partial charge in [-0.3, -0.25) is 14.6 Å². The molecule has 0 spiro atoms. The van der Waals surface area contributed by atoms with Crippen LogP contribution >= 0.6 is 0 Å². The van der Waals surface area contributed by atoms with Gasteiger partial charge in [0.25, 0.3) is 0 Å². The SMILES string of the molecule is CCC(=O)N(C)c1ccc(-c2ccc(C(=O)CCc3cccnc3C)cc2)c(F)c1. The number of carbonyl (C=O) groups excluding carboxylic acids is 2. The van der Waals surface area contributed by atoms with Gasteiger partial charge in [-0.05, 0) is 48.7 Å². The van der Waals surface area contributed by atoms with E-state index in [4.69, 9.17) is 0 Å². The molecule has 0 fully saturated rings. The predicted octanol–water partition coefficient (Wildman–Crippen LogP) is 5.38. The number of halogens is 1. The molecule has 154 valence electrons. The molecule has 0 unspecified atom stereocenters. The number of pyridine rings is 1. The second-order valence-electron chi connectivity index (χ2n) is 7.22. The van der Waals surface area contributed by atoms with Crippen LogP contribution in [0, 0.1) is 12.7 Å². The van der Waals surface area contributed by atoms with Crippen molar-refractivity contribution in [3.8, 4) is 11.1 Å². The van der Waals surface area contributed by atoms with Gasteiger partial charge in [0.2, 0.25) is 5.91 Å². The van der Waals surface area contributed by atoms with Crippen molar-refractivity contribution < 1.29 is 14.0 Å². The highest BCUT2D eigenvalue weighted by Crippen LogP contribution is 2.27. The number of ketones is 1. The first-order valence-electron chi connectivity index (χ1n) is 10.0. The van der Waals surface area contributed by atoms with Crippen LogP contribution in [0.25, 0.3) is 11.1 Å². The lowest BCUT2D eigenvalue weighted by Crippen LogP contribution is -2.25. The molecule has 2 aromatic carbocycles. The Morgan fingerprint density at radius 1 is 1.07 bits per heavy atom. The van der Waals surface area contributed by atoms with Crippen molar-refractivity contribution in [3.63, 3.8) is 0 Å². The van der Waals surface area contributed by atoms with E-state index in [2.05, 4.69) is 4.98 Å². The number of hydrogen-bond donors (Lipinski definition) is 0. The number of aromatic nitrogens is 1. The van der Waals surface area contributed by atoms with Crippen LogP contribution in [0.4, 0.5) is 10.1 Å². The predicted molar refractivity (Wildman–Crippen MR) is 117 cm³/mol. The van der Waals surface area contributed by atoms with Crippen LogP contribution in [0.2, 0.25) is 0 Å². The number of benzene rings is 2. The number of amides is 1. The average molecular weight is 404 g/mol. The van der Waals surface area contributed by atoms with Crippen molar-refractivity contribution >= 4 is 17.4 Å². The summed E-state index contributed by atoms with van der Waals surface area (Å²) >= 11 is 0. The molecule has 3 aromatic rings. The fourth-order valence-corrected chi connectivity index (χ4v) is 3.34. The molecule has 3 rings (SSSR count). The zero-order valence-electron chi connectivity index (χ0n) is 17.5. The highest BCUT2D eigenvalue weighted by molar-refractivity contribution is 5.96. The normalized spacial score (nSPS) is 10.7. The molecule has 5 heteroatoms. The summed E-state index contributed by atoms with van der Waals surface area (Å²) in [6.45, 7) is 3.70. The molecule has 1 amide bonds. The van der Waals surface area contributed by atoms with Crippen molar-refractivity contribution in [2.45, 2.75) is 33.1 Å². The number of hydrogen-bond acceptors (Lipinski definition) is 3. The van der Waals surface area contributed by atoms with Crippen LogP contribution in [0.3, 0.4) is 0 Å². The van der Waals surface area contributed by atoms with Crippen molar-refractivity contribution in [1.29, 1.82) is 0 Å². The quantitative estimate of drug-likeness (QED) is 0.497. The third-order valence-electron chi connectivity index (χ3n) is 5.27. The Kier molecular flexibility index (Phi) is 6.72. The van der Waals surface area contributed by atoms with E-state index in [1.54, 1.807) is 56.6 Å². The Labute approximate surface area is 176 Å². The van der Waals surface area contributed by atoms with Crippen LogP contribution in [-0.4, -0.2) is 23.7 Å². The second-order valence-corrected chi connectivity index (χ2v) is 7.22. The Balaban J connectivity index is 1.71. The fourth-order valence-electron chi connectivity index (χ4n) is 3.34. The molecule has 0 aliphatic carbocycles. The Hall–Kier alpha value is -3.34. The summed E-state index contributed by atoms with van der Waals surface area (Å²) in [5.41, 5.74) is 4.23. The van der Waals surface area contributed by atoms with E-state index < -0.39 is 5.82 Å². The Morgan fingerprint density at radius 2 is 1.80 bits per heavy atom. The van der Waals surface area contributed by atoms with Crippen molar-refractivity contribution in [2.24, 2.45) is 0 Å². The molecule has 0 saturated carbocycles. The smallest absolute Gasteiger partial charge is 0.226 e. The van der Waals surface area contributed by atoms with Gasteiger partial charge in [-0.2, -0.15) is 0 Å². The lowest BCUT2D eigenvalue weighted by Gasteiger charge is -2.17. The van der Waals surface area contributed by atoms with E-state index in [1.165, 1.54) is 11.0 Å². The molecule has 0 bridgehead atoms. The van der Waals surface area contributed by atoms with Gasteiger partial charge < -0.3 is 4.90 Å². The molecule has 30 heavy (non-hydrogen) atoms. The largest absolute Gasteiger partial charge is 0.315 e. The van der Waals surface area contributed by atoms with Gasteiger partial charge in [0.15, 0.2) is 5.78 Å². The van der Waals surface area contributed by atoms with Gasteiger partial charge in [-0.25, -0.2) is 4.39 Å². The van der Waals surface area contributed by atoms with E-state index in [0.717, 1.165) is 11.3 Å². The number of aryl methyl sites for hydroxylation is 2. The summed E-state index contributed by atoms with van der Waals surface area (Å²) in [6, 6.07) is 15.6. The standard InChI is InChI=1S/C25H25FN2O2/c1-4-25(30)28(3)21-12-13-22(23(26)16-21)19-7-9-20(10-8-19)24(29)14-11-18-6-5-15-27-17(18)2/h5-10,12-13,15-16H,4,11,14H2,1-3H3. The topological polar surface area (TPSA) is 50.3 Å². The minimum atomic E-state index is -0.408. The molecule has 0 atom stereocenters. The first kappa shape index (κ1) is 21.4. The Bertz CT molecular complexity index is 1060. The average Bonchev–Trinajstić information content (AvgIpc) is 2.77. The van der Waals surface area contributed by atoms with Crippen LogP contribution in [-0.2, 0) is 11.2 Å². The monoisotopic (exact) mass is 404 g/mol. The van der Waals surface area contributed by atoms with E-state index in [9.17, 15) is 14.0 Å². The highest BCUT2D eigenvalue weighted by atomic mass is 19.1. The van der Waals surface area contributed by atoms with Gasteiger partial charge in [-0.1, -0.05) is 37.3 Å². The maximum atomic E-state index is 14.7. The van der Waals surface area contributed by atoms with E-state index >= 15 is 0 Å². The molecular formula is C25H25FN2O2. The number of carbonyl (C=O) groups is 2. The van der Waals surface area contributed by atoms with Crippen LogP contribution in [0.15, 0.2) is 60.8 Å². The van der Waals surface area contributed by atoms with Crippen LogP contribution < -0.4 is 4.90 Å². The van der Waals surface area contributed by atoms with Gasteiger partial charge in [0, 0.05) is 48.6 Å². The summed E-state index contributed by atoms with van der Waals surface area (Å²) in [5.74, 6) is -0.443. The lowest BCUT2D eigenvalue weighted by molar-refractivity contribution is -0.118. The molecule has 0 N–H and O–H groups in total. The summed E-state index contributed by atoms with van der Waals surface area (Å²) < 4.78 is 14.7. The van der Waals surface area contributed by atoms with Crippen LogP contribution in [0.1, 0.15) is 41.4 Å². The van der Waals surface area contributed by atoms with Crippen molar-refractivity contribution in [2.75, 3.05) is 11.9 Å². The van der Waals surface area contributed by atoms with Gasteiger partial charge >= 0.3 is 0 Å². The molecular weight excluding hydrogens is 379 g/mol. The van der Waals surface area contributed by atoms with Gasteiger partial charge in [0.1, 0.15) is 5.82 Å². The second kappa shape index (κ2) is 9.44. The van der Waals surface area contributed by atoms with Gasteiger partial charge in [-0.15, -0.1) is 0 Å². The summed E-state index contributed by atoms with van der Waals surface area (Å²) in [4.78, 5) is 30.0. The maximum Gasteiger partial charge on any atom is 0.226 e. The lowest BCUT2D eigenvalue weighted by atomic mass is 9.98. The van der Waals surface area contributed by atoms with Crippen molar-refractivity contribution in [1.82, 2.24) is 4.98 Å². The fraction of sp³-hybridized carbons (Fsp3) is 0.240. The zero-order chi connectivity index (χ0) is 21.7. The maximum absolute atomic E-state index is 14.7. The number of Topliss-reactive ketones (excluding diaryl/α,β-unsaturated/α-hetero) is 1. The minimum Gasteiger partial charge on any atom is -0.315 e. The molecule has 0 radical (unpaired) electrons. The Morgan fingerprint density at radius 3 is 2.43 bits per heavy atom. The molecule has 1 heterocycles. The minimum absolute atomic E-state index is 0.0420. The summed E-state index contributed by atoms with van der Waals surface area (Å²) in [7, 11) is 1.63. The molecule has 0 aliphatic heterocycles. The summed E-state index contributed by atoms with van der Waals surface area (Å²) in [5, 5.41) is 0. The molecule has 1 aromatic heterocycles. The molecule has 0 saturated heterocycles. The number of anilines is 1. The number of rotatable bonds is 7. The van der Waals surface area contributed by atoms with Gasteiger partial charge in [0.05, 0.1) is 0 Å². The highest BCUT2D eigenvalue weighted by Gasteiger charge is 2.13. The third-order valence-corrected chi connectivity index (χ3v) is 5.27. The zero-order valence-corrected chi connectivity index (χ0v) is 17.5. The van der Waals surface area contributed by atoms with E-state index in [0.29, 0.717) is 41.6 Å². The first-order valence-corrected chi connectivity index (χ1v) is 10.0. The van der Waals surface area contributed by atoms with E-state index in [-0.39, 0.29) is 11.7 Å².